The number of nitrogens with zero attached hydrogens (tertiary/aromatic N) is 4. The van der Waals surface area contributed by atoms with E-state index in [0.29, 0.717) is 0 Å². The molecule has 0 unspecified atom stereocenters. The normalized spacial score (nSPS) is 11.7. The average molecular weight is 353 g/mol. The maximum absolute atomic E-state index is 4.21. The lowest BCUT2D eigenvalue weighted by molar-refractivity contribution is 0.590. The van der Waals surface area contributed by atoms with E-state index in [9.17, 15) is 0 Å². The zero-order chi connectivity index (χ0) is 18.0. The van der Waals surface area contributed by atoms with E-state index < -0.39 is 0 Å². The Morgan fingerprint density at radius 3 is 2.20 bits per heavy atom. The van der Waals surface area contributed by atoms with E-state index in [2.05, 4.69) is 92.6 Å². The summed E-state index contributed by atoms with van der Waals surface area (Å²) < 4.78 is 1.85. The topological polar surface area (TPSA) is 43.6 Å². The number of thioether (sulfide) groups is 1. The number of hydrogen-bond donors (Lipinski definition) is 0. The van der Waals surface area contributed by atoms with Gasteiger partial charge >= 0.3 is 0 Å². The maximum atomic E-state index is 4.21. The monoisotopic (exact) mass is 352 g/mol. The van der Waals surface area contributed by atoms with Crippen molar-refractivity contribution in [2.75, 3.05) is 0 Å². The first-order chi connectivity index (χ1) is 11.9. The number of rotatable bonds is 4. The summed E-state index contributed by atoms with van der Waals surface area (Å²) in [5.74, 6) is 0.843. The van der Waals surface area contributed by atoms with E-state index in [0.717, 1.165) is 16.6 Å². The lowest BCUT2D eigenvalue weighted by Gasteiger charge is -2.19. The highest BCUT2D eigenvalue weighted by Gasteiger charge is 2.15. The molecule has 0 spiro atoms. The second-order valence-corrected chi connectivity index (χ2v) is 8.29. The highest BCUT2D eigenvalue weighted by atomic mass is 32.2. The molecule has 5 heteroatoms. The summed E-state index contributed by atoms with van der Waals surface area (Å²) >= 11 is 1.66. The molecule has 0 aliphatic heterocycles. The van der Waals surface area contributed by atoms with Crippen LogP contribution in [-0.4, -0.2) is 20.2 Å². The number of aromatic nitrogens is 4. The Kier molecular flexibility index (Phi) is 4.95. The first kappa shape index (κ1) is 17.7. The van der Waals surface area contributed by atoms with Gasteiger partial charge in [0.15, 0.2) is 0 Å². The van der Waals surface area contributed by atoms with Crippen LogP contribution < -0.4 is 0 Å². The quantitative estimate of drug-likeness (QED) is 0.628. The average Bonchev–Trinajstić information content (AvgIpc) is 3.00. The first-order valence-corrected chi connectivity index (χ1v) is 9.42. The van der Waals surface area contributed by atoms with E-state index in [1.165, 1.54) is 22.3 Å². The molecule has 0 saturated carbocycles. The summed E-state index contributed by atoms with van der Waals surface area (Å²) in [5, 5.41) is 13.1. The van der Waals surface area contributed by atoms with Gasteiger partial charge in [0.2, 0.25) is 5.16 Å². The van der Waals surface area contributed by atoms with Gasteiger partial charge in [-0.3, -0.25) is 0 Å². The molecule has 0 amide bonds. The Hall–Kier alpha value is -2.14. The van der Waals surface area contributed by atoms with Crippen LogP contribution >= 0.6 is 11.8 Å². The van der Waals surface area contributed by atoms with E-state index in [1.54, 1.807) is 11.8 Å². The van der Waals surface area contributed by atoms with Crippen molar-refractivity contribution in [1.82, 2.24) is 20.2 Å². The molecule has 25 heavy (non-hydrogen) atoms. The molecule has 1 aromatic heterocycles. The van der Waals surface area contributed by atoms with Gasteiger partial charge in [-0.05, 0) is 51.9 Å². The Morgan fingerprint density at radius 2 is 1.60 bits per heavy atom. The molecule has 0 radical (unpaired) electrons. The predicted molar refractivity (Wildman–Crippen MR) is 103 cm³/mol. The van der Waals surface area contributed by atoms with Gasteiger partial charge in [0.05, 0.1) is 5.69 Å². The minimum absolute atomic E-state index is 0.179. The largest absolute Gasteiger partial charge is 0.214 e. The second kappa shape index (κ2) is 7.00. The fourth-order valence-electron chi connectivity index (χ4n) is 2.80. The van der Waals surface area contributed by atoms with Crippen LogP contribution in [0.5, 0.6) is 0 Å². The fourth-order valence-corrected chi connectivity index (χ4v) is 3.63. The van der Waals surface area contributed by atoms with Crippen LogP contribution in [0, 0.1) is 13.8 Å². The molecule has 130 valence electrons. The molecule has 3 rings (SSSR count). The van der Waals surface area contributed by atoms with Gasteiger partial charge in [-0.1, -0.05) is 75.0 Å². The minimum Gasteiger partial charge on any atom is -0.187 e. The number of benzene rings is 2. The highest BCUT2D eigenvalue weighted by Crippen LogP contribution is 2.27. The SMILES string of the molecule is Cc1cccc(C)c1-n1nnnc1SCc1ccc(C(C)(C)C)cc1. The zero-order valence-electron chi connectivity index (χ0n) is 15.4. The van der Waals surface area contributed by atoms with Crippen molar-refractivity contribution in [3.05, 3.63) is 64.7 Å². The predicted octanol–water partition coefficient (Wildman–Crippen LogP) is 4.87. The Bertz CT molecular complexity index is 840. The molecular weight excluding hydrogens is 328 g/mol. The Morgan fingerprint density at radius 1 is 0.960 bits per heavy atom. The molecule has 0 bridgehead atoms. The Balaban J connectivity index is 1.79. The van der Waals surface area contributed by atoms with E-state index in [-0.39, 0.29) is 5.41 Å². The van der Waals surface area contributed by atoms with Crippen LogP contribution in [0.15, 0.2) is 47.6 Å². The van der Waals surface area contributed by atoms with Gasteiger partial charge < -0.3 is 0 Å². The molecule has 0 aliphatic rings. The summed E-state index contributed by atoms with van der Waals surface area (Å²) in [5.41, 5.74) is 6.21. The summed E-state index contributed by atoms with van der Waals surface area (Å²) in [6.07, 6.45) is 0. The molecule has 1 heterocycles. The van der Waals surface area contributed by atoms with Gasteiger partial charge in [0.1, 0.15) is 0 Å². The van der Waals surface area contributed by atoms with Crippen molar-refractivity contribution < 1.29 is 0 Å². The summed E-state index contributed by atoms with van der Waals surface area (Å²) in [6, 6.07) is 15.0. The van der Waals surface area contributed by atoms with Crippen molar-refractivity contribution in [2.24, 2.45) is 0 Å². The number of para-hydroxylation sites is 1. The van der Waals surface area contributed by atoms with Crippen molar-refractivity contribution in [2.45, 2.75) is 50.9 Å². The van der Waals surface area contributed by atoms with Crippen molar-refractivity contribution in [3.63, 3.8) is 0 Å². The van der Waals surface area contributed by atoms with Crippen LogP contribution in [0.1, 0.15) is 43.0 Å². The number of hydrogen-bond acceptors (Lipinski definition) is 4. The zero-order valence-corrected chi connectivity index (χ0v) is 16.3. The number of tetrazole rings is 1. The molecule has 0 aliphatic carbocycles. The highest BCUT2D eigenvalue weighted by molar-refractivity contribution is 7.98. The Labute approximate surface area is 153 Å². The third kappa shape index (κ3) is 3.93. The fraction of sp³-hybridized carbons (Fsp3) is 0.350. The summed E-state index contributed by atoms with van der Waals surface area (Å²) in [4.78, 5) is 0. The summed E-state index contributed by atoms with van der Waals surface area (Å²) in [6.45, 7) is 10.9. The molecule has 3 aromatic rings. The van der Waals surface area contributed by atoms with Gasteiger partial charge in [-0.15, -0.1) is 5.10 Å². The smallest absolute Gasteiger partial charge is 0.187 e. The molecule has 4 nitrogen and oxygen atoms in total. The second-order valence-electron chi connectivity index (χ2n) is 7.35. The first-order valence-electron chi connectivity index (χ1n) is 8.43. The van der Waals surface area contributed by atoms with Crippen molar-refractivity contribution >= 4 is 11.8 Å². The summed E-state index contributed by atoms with van der Waals surface area (Å²) in [7, 11) is 0. The van der Waals surface area contributed by atoms with E-state index >= 15 is 0 Å². The molecule has 0 saturated heterocycles. The molecule has 0 fully saturated rings. The van der Waals surface area contributed by atoms with Crippen molar-refractivity contribution in [3.8, 4) is 5.69 Å². The third-order valence-corrected chi connectivity index (χ3v) is 5.27. The molecule has 0 N–H and O–H groups in total. The van der Waals surface area contributed by atoms with Gasteiger partial charge in [0.25, 0.3) is 0 Å². The molecular formula is C20H24N4S. The van der Waals surface area contributed by atoms with Gasteiger partial charge in [-0.2, -0.15) is 4.68 Å². The van der Waals surface area contributed by atoms with Crippen LogP contribution in [-0.2, 0) is 11.2 Å². The van der Waals surface area contributed by atoms with Crippen LogP contribution in [0.2, 0.25) is 0 Å². The minimum atomic E-state index is 0.179. The third-order valence-electron chi connectivity index (χ3n) is 4.28. The van der Waals surface area contributed by atoms with Gasteiger partial charge in [0, 0.05) is 5.75 Å². The standard InChI is InChI=1S/C20H24N4S/c1-14-7-6-8-15(2)18(14)24-19(21-22-23-24)25-13-16-9-11-17(12-10-16)20(3,4)5/h6-12H,13H2,1-5H3. The lowest BCUT2D eigenvalue weighted by atomic mass is 9.87. The van der Waals surface area contributed by atoms with Crippen LogP contribution in [0.4, 0.5) is 0 Å². The van der Waals surface area contributed by atoms with E-state index in [4.69, 9.17) is 0 Å². The van der Waals surface area contributed by atoms with Crippen LogP contribution in [0.3, 0.4) is 0 Å². The molecule has 2 aromatic carbocycles. The van der Waals surface area contributed by atoms with Crippen molar-refractivity contribution in [1.29, 1.82) is 0 Å². The van der Waals surface area contributed by atoms with Gasteiger partial charge in [-0.25, -0.2) is 0 Å². The maximum Gasteiger partial charge on any atom is 0.214 e. The lowest BCUT2D eigenvalue weighted by Crippen LogP contribution is -2.10. The molecule has 0 atom stereocenters. The van der Waals surface area contributed by atoms with Crippen LogP contribution in [0.25, 0.3) is 5.69 Å². The van der Waals surface area contributed by atoms with E-state index in [1.807, 2.05) is 4.68 Å². The number of aryl methyl sites for hydroxylation is 2.